The molecule has 1 saturated heterocycles. The number of para-hydroxylation sites is 1. The van der Waals surface area contributed by atoms with Gasteiger partial charge in [-0.1, -0.05) is 36.0 Å². The first-order valence-corrected chi connectivity index (χ1v) is 7.98. The number of amidine groups is 1. The molecule has 1 fully saturated rings. The van der Waals surface area contributed by atoms with Crippen LogP contribution in [0.2, 0.25) is 0 Å². The zero-order valence-corrected chi connectivity index (χ0v) is 12.9. The van der Waals surface area contributed by atoms with Gasteiger partial charge in [0.15, 0.2) is 5.17 Å². The molecular weight excluding hydrogens is 299 g/mol. The van der Waals surface area contributed by atoms with Crippen LogP contribution in [0.5, 0.6) is 0 Å². The summed E-state index contributed by atoms with van der Waals surface area (Å²) >= 11 is 1.54. The Kier molecular flexibility index (Phi) is 4.24. The number of benzene rings is 2. The van der Waals surface area contributed by atoms with E-state index >= 15 is 0 Å². The minimum absolute atomic E-state index is 0.211. The number of amides is 1. The van der Waals surface area contributed by atoms with E-state index in [0.717, 1.165) is 17.0 Å². The van der Waals surface area contributed by atoms with Gasteiger partial charge in [0.05, 0.1) is 5.69 Å². The Morgan fingerprint density at radius 3 is 2.82 bits per heavy atom. The summed E-state index contributed by atoms with van der Waals surface area (Å²) in [5.41, 5.74) is 2.25. The first-order chi connectivity index (χ1) is 10.6. The Morgan fingerprint density at radius 2 is 2.05 bits per heavy atom. The summed E-state index contributed by atoms with van der Waals surface area (Å²) in [6.45, 7) is 2.57. The van der Waals surface area contributed by atoms with E-state index in [1.807, 2.05) is 31.2 Å². The van der Waals surface area contributed by atoms with Crippen molar-refractivity contribution in [1.29, 1.82) is 0 Å². The molecular formula is C17H15FN2OS. The van der Waals surface area contributed by atoms with E-state index in [9.17, 15) is 9.18 Å². The fraction of sp³-hybridized carbons (Fsp3) is 0.176. The first-order valence-electron chi connectivity index (χ1n) is 7.00. The van der Waals surface area contributed by atoms with Crippen LogP contribution < -0.4 is 0 Å². The zero-order chi connectivity index (χ0) is 15.5. The summed E-state index contributed by atoms with van der Waals surface area (Å²) in [7, 11) is 0. The number of nitrogens with zero attached hydrogens (tertiary/aromatic N) is 2. The Hall–Kier alpha value is -2.14. The quantitative estimate of drug-likeness (QED) is 0.839. The standard InChI is InChI=1S/C17H15FN2OS/c1-12-5-2-3-8-15(12)19-17-20(9-10-22-17)16(21)13-6-4-7-14(18)11-13/h2-8,11H,9-10H2,1H3. The molecule has 22 heavy (non-hydrogen) atoms. The molecule has 0 spiro atoms. The molecule has 0 aromatic heterocycles. The van der Waals surface area contributed by atoms with Crippen molar-refractivity contribution in [3.8, 4) is 0 Å². The van der Waals surface area contributed by atoms with Gasteiger partial charge in [-0.05, 0) is 36.8 Å². The predicted molar refractivity (Wildman–Crippen MR) is 88.2 cm³/mol. The Bertz CT molecular complexity index is 745. The number of rotatable bonds is 2. The molecule has 1 aliphatic heterocycles. The molecule has 0 N–H and O–H groups in total. The van der Waals surface area contributed by atoms with E-state index in [1.54, 1.807) is 28.8 Å². The van der Waals surface area contributed by atoms with Crippen LogP contribution in [0.15, 0.2) is 53.5 Å². The SMILES string of the molecule is Cc1ccccc1N=C1SCCN1C(=O)c1cccc(F)c1. The lowest BCUT2D eigenvalue weighted by Crippen LogP contribution is -2.31. The minimum Gasteiger partial charge on any atom is -0.286 e. The molecule has 0 atom stereocenters. The Morgan fingerprint density at radius 1 is 1.23 bits per heavy atom. The van der Waals surface area contributed by atoms with Crippen molar-refractivity contribution in [3.63, 3.8) is 0 Å². The van der Waals surface area contributed by atoms with E-state index in [1.165, 1.54) is 12.1 Å². The van der Waals surface area contributed by atoms with Gasteiger partial charge in [-0.3, -0.25) is 9.69 Å². The van der Waals surface area contributed by atoms with Crippen molar-refractivity contribution >= 4 is 28.5 Å². The van der Waals surface area contributed by atoms with Gasteiger partial charge in [-0.25, -0.2) is 9.38 Å². The van der Waals surface area contributed by atoms with Crippen LogP contribution in [0.3, 0.4) is 0 Å². The van der Waals surface area contributed by atoms with E-state index < -0.39 is 5.82 Å². The number of carbonyl (C=O) groups is 1. The third kappa shape index (κ3) is 3.04. The maximum Gasteiger partial charge on any atom is 0.259 e. The highest BCUT2D eigenvalue weighted by atomic mass is 32.2. The molecule has 3 rings (SSSR count). The van der Waals surface area contributed by atoms with Gasteiger partial charge in [0.25, 0.3) is 5.91 Å². The van der Waals surface area contributed by atoms with Crippen molar-refractivity contribution in [3.05, 3.63) is 65.5 Å². The monoisotopic (exact) mass is 314 g/mol. The molecule has 112 valence electrons. The first kappa shape index (κ1) is 14.8. The summed E-state index contributed by atoms with van der Waals surface area (Å²) in [5.74, 6) is 0.179. The van der Waals surface area contributed by atoms with Gasteiger partial charge >= 0.3 is 0 Å². The molecule has 2 aromatic rings. The smallest absolute Gasteiger partial charge is 0.259 e. The largest absolute Gasteiger partial charge is 0.286 e. The summed E-state index contributed by atoms with van der Waals surface area (Å²) in [5, 5.41) is 0.670. The number of hydrogen-bond acceptors (Lipinski definition) is 3. The van der Waals surface area contributed by atoms with Crippen LogP contribution >= 0.6 is 11.8 Å². The van der Waals surface area contributed by atoms with Gasteiger partial charge in [-0.2, -0.15) is 0 Å². The molecule has 2 aromatic carbocycles. The molecule has 0 unspecified atom stereocenters. The van der Waals surface area contributed by atoms with Crippen LogP contribution in [0, 0.1) is 12.7 Å². The highest BCUT2D eigenvalue weighted by Gasteiger charge is 2.27. The van der Waals surface area contributed by atoms with E-state index in [4.69, 9.17) is 0 Å². The molecule has 0 radical (unpaired) electrons. The molecule has 0 aliphatic carbocycles. The van der Waals surface area contributed by atoms with Crippen LogP contribution in [0.4, 0.5) is 10.1 Å². The Balaban J connectivity index is 1.90. The van der Waals surface area contributed by atoms with Gasteiger partial charge in [0.2, 0.25) is 0 Å². The van der Waals surface area contributed by atoms with Crippen LogP contribution in [0.25, 0.3) is 0 Å². The second kappa shape index (κ2) is 6.32. The predicted octanol–water partition coefficient (Wildman–Crippen LogP) is 4.01. The number of thioether (sulfide) groups is 1. The normalized spacial score (nSPS) is 16.3. The van der Waals surface area contributed by atoms with E-state index in [2.05, 4.69) is 4.99 Å². The number of carbonyl (C=O) groups excluding carboxylic acids is 1. The third-order valence-corrected chi connectivity index (χ3v) is 4.38. The summed E-state index contributed by atoms with van der Waals surface area (Å²) in [6.07, 6.45) is 0. The lowest BCUT2D eigenvalue weighted by Gasteiger charge is -2.16. The number of hydrogen-bond donors (Lipinski definition) is 0. The van der Waals surface area contributed by atoms with Crippen molar-refractivity contribution in [2.45, 2.75) is 6.92 Å². The molecule has 1 aliphatic rings. The summed E-state index contributed by atoms with van der Waals surface area (Å²) in [6, 6.07) is 13.5. The fourth-order valence-corrected chi connectivity index (χ4v) is 3.20. The molecule has 1 amide bonds. The van der Waals surface area contributed by atoms with Crippen molar-refractivity contribution < 1.29 is 9.18 Å². The number of aryl methyl sites for hydroxylation is 1. The van der Waals surface area contributed by atoms with Crippen LogP contribution in [0.1, 0.15) is 15.9 Å². The van der Waals surface area contributed by atoms with Gasteiger partial charge in [-0.15, -0.1) is 0 Å². The molecule has 1 heterocycles. The second-order valence-electron chi connectivity index (χ2n) is 5.00. The lowest BCUT2D eigenvalue weighted by molar-refractivity contribution is 0.0859. The number of aliphatic imine (C=N–C) groups is 1. The highest BCUT2D eigenvalue weighted by molar-refractivity contribution is 8.14. The summed E-state index contributed by atoms with van der Waals surface area (Å²) in [4.78, 5) is 18.8. The topological polar surface area (TPSA) is 32.7 Å². The minimum atomic E-state index is -0.407. The summed E-state index contributed by atoms with van der Waals surface area (Å²) < 4.78 is 13.3. The van der Waals surface area contributed by atoms with E-state index in [0.29, 0.717) is 17.3 Å². The van der Waals surface area contributed by atoms with Gasteiger partial charge < -0.3 is 0 Å². The van der Waals surface area contributed by atoms with Crippen molar-refractivity contribution in [2.24, 2.45) is 4.99 Å². The fourth-order valence-electron chi connectivity index (χ4n) is 2.25. The highest BCUT2D eigenvalue weighted by Crippen LogP contribution is 2.26. The average Bonchev–Trinajstić information content (AvgIpc) is 2.97. The average molecular weight is 314 g/mol. The van der Waals surface area contributed by atoms with E-state index in [-0.39, 0.29) is 5.91 Å². The maximum atomic E-state index is 13.3. The molecule has 0 saturated carbocycles. The molecule has 3 nitrogen and oxygen atoms in total. The molecule has 5 heteroatoms. The molecule has 0 bridgehead atoms. The van der Waals surface area contributed by atoms with Gasteiger partial charge in [0, 0.05) is 17.9 Å². The lowest BCUT2D eigenvalue weighted by atomic mass is 10.2. The number of halogens is 1. The zero-order valence-electron chi connectivity index (χ0n) is 12.1. The Labute approximate surface area is 132 Å². The third-order valence-electron chi connectivity index (χ3n) is 3.43. The van der Waals surface area contributed by atoms with Gasteiger partial charge in [0.1, 0.15) is 5.82 Å². The van der Waals surface area contributed by atoms with Crippen molar-refractivity contribution in [1.82, 2.24) is 4.90 Å². The van der Waals surface area contributed by atoms with Crippen LogP contribution in [-0.2, 0) is 0 Å². The van der Waals surface area contributed by atoms with Crippen molar-refractivity contribution in [2.75, 3.05) is 12.3 Å². The second-order valence-corrected chi connectivity index (χ2v) is 6.06. The maximum absolute atomic E-state index is 13.3. The van der Waals surface area contributed by atoms with Crippen LogP contribution in [-0.4, -0.2) is 28.3 Å².